The van der Waals surface area contributed by atoms with Crippen LogP contribution in [0.15, 0.2) is 23.1 Å². The predicted octanol–water partition coefficient (Wildman–Crippen LogP) is 1.26. The fourth-order valence-corrected chi connectivity index (χ4v) is 2.73. The van der Waals surface area contributed by atoms with Crippen molar-refractivity contribution in [3.8, 4) is 6.07 Å². The average Bonchev–Trinajstić information content (AvgIpc) is 2.36. The summed E-state index contributed by atoms with van der Waals surface area (Å²) in [4.78, 5) is -0.180. The molecule has 1 rings (SSSR count). The van der Waals surface area contributed by atoms with Crippen LogP contribution < -0.4 is 4.72 Å². The van der Waals surface area contributed by atoms with E-state index in [0.717, 1.165) is 0 Å². The van der Waals surface area contributed by atoms with Gasteiger partial charge in [-0.25, -0.2) is 13.1 Å². The monoisotopic (exact) mass is 288 g/mol. The van der Waals surface area contributed by atoms with E-state index in [1.807, 2.05) is 0 Å². The molecule has 0 radical (unpaired) electrons. The molecule has 1 aromatic rings. The molecule has 0 saturated carbocycles. The number of aliphatic hydroxyl groups is 1. The van der Waals surface area contributed by atoms with Crippen LogP contribution in [-0.2, 0) is 10.0 Å². The standard InChI is InChI=1S/C11H13ClN2O3S/c1-2-10(15)7-14-18(16,17)11-5-9(12)4-3-8(11)6-13/h3-5,10,14-15H,2,7H2,1H3. The number of aliphatic hydroxyl groups excluding tert-OH is 1. The maximum Gasteiger partial charge on any atom is 0.242 e. The Morgan fingerprint density at radius 2 is 2.22 bits per heavy atom. The number of nitrogens with zero attached hydrogens (tertiary/aromatic N) is 1. The normalized spacial score (nSPS) is 13.0. The highest BCUT2D eigenvalue weighted by Crippen LogP contribution is 2.20. The van der Waals surface area contributed by atoms with Crippen molar-refractivity contribution in [2.24, 2.45) is 0 Å². The van der Waals surface area contributed by atoms with Crippen LogP contribution in [0.5, 0.6) is 0 Å². The summed E-state index contributed by atoms with van der Waals surface area (Å²) >= 11 is 5.72. The highest BCUT2D eigenvalue weighted by molar-refractivity contribution is 7.89. The lowest BCUT2D eigenvalue weighted by molar-refractivity contribution is 0.174. The molecule has 1 unspecified atom stereocenters. The topological polar surface area (TPSA) is 90.2 Å². The molecule has 2 N–H and O–H groups in total. The summed E-state index contributed by atoms with van der Waals surface area (Å²) in [7, 11) is -3.85. The number of sulfonamides is 1. The van der Waals surface area contributed by atoms with Crippen LogP contribution in [0.2, 0.25) is 5.02 Å². The molecule has 1 aromatic carbocycles. The SMILES string of the molecule is CCC(O)CNS(=O)(=O)c1cc(Cl)ccc1C#N. The van der Waals surface area contributed by atoms with Gasteiger partial charge in [0.15, 0.2) is 0 Å². The Kier molecular flexibility index (Phi) is 5.11. The van der Waals surface area contributed by atoms with E-state index in [2.05, 4.69) is 4.72 Å². The molecule has 0 fully saturated rings. The van der Waals surface area contributed by atoms with Gasteiger partial charge in [-0.2, -0.15) is 5.26 Å². The van der Waals surface area contributed by atoms with Gasteiger partial charge < -0.3 is 5.11 Å². The third kappa shape index (κ3) is 3.68. The Morgan fingerprint density at radius 1 is 1.56 bits per heavy atom. The van der Waals surface area contributed by atoms with Crippen LogP contribution >= 0.6 is 11.6 Å². The van der Waals surface area contributed by atoms with Gasteiger partial charge in [0.1, 0.15) is 11.0 Å². The van der Waals surface area contributed by atoms with Gasteiger partial charge in [-0.05, 0) is 24.6 Å². The van der Waals surface area contributed by atoms with Crippen LogP contribution in [-0.4, -0.2) is 26.2 Å². The largest absolute Gasteiger partial charge is 0.392 e. The van der Waals surface area contributed by atoms with Crippen LogP contribution in [0.3, 0.4) is 0 Å². The highest BCUT2D eigenvalue weighted by atomic mass is 35.5. The Labute approximate surface area is 111 Å². The van der Waals surface area contributed by atoms with Gasteiger partial charge in [-0.15, -0.1) is 0 Å². The van der Waals surface area contributed by atoms with E-state index >= 15 is 0 Å². The molecule has 0 aliphatic carbocycles. The maximum absolute atomic E-state index is 12.0. The molecule has 0 amide bonds. The summed E-state index contributed by atoms with van der Waals surface area (Å²) < 4.78 is 26.1. The van der Waals surface area contributed by atoms with Crippen molar-refractivity contribution in [3.63, 3.8) is 0 Å². The Morgan fingerprint density at radius 3 is 2.78 bits per heavy atom. The molecule has 1 atom stereocenters. The number of rotatable bonds is 5. The zero-order valence-corrected chi connectivity index (χ0v) is 11.3. The first-order chi connectivity index (χ1) is 8.40. The average molecular weight is 289 g/mol. The van der Waals surface area contributed by atoms with Crippen molar-refractivity contribution in [3.05, 3.63) is 28.8 Å². The summed E-state index contributed by atoms with van der Waals surface area (Å²) in [6.45, 7) is 1.63. The summed E-state index contributed by atoms with van der Waals surface area (Å²) in [6.07, 6.45) is -0.326. The Balaban J connectivity index is 3.05. The van der Waals surface area contributed by atoms with Gasteiger partial charge in [-0.3, -0.25) is 0 Å². The van der Waals surface area contributed by atoms with Crippen molar-refractivity contribution in [2.75, 3.05) is 6.54 Å². The smallest absolute Gasteiger partial charge is 0.242 e. The van der Waals surface area contributed by atoms with E-state index in [0.29, 0.717) is 6.42 Å². The Hall–Kier alpha value is -1.13. The van der Waals surface area contributed by atoms with Crippen LogP contribution in [0.25, 0.3) is 0 Å². The molecule has 0 aromatic heterocycles. The van der Waals surface area contributed by atoms with E-state index in [-0.39, 0.29) is 22.0 Å². The molecule has 98 valence electrons. The van der Waals surface area contributed by atoms with Gasteiger partial charge in [-0.1, -0.05) is 18.5 Å². The van der Waals surface area contributed by atoms with Crippen LogP contribution in [0.4, 0.5) is 0 Å². The fraction of sp³-hybridized carbons (Fsp3) is 0.364. The second-order valence-corrected chi connectivity index (χ2v) is 5.84. The lowest BCUT2D eigenvalue weighted by Crippen LogP contribution is -2.32. The molecular weight excluding hydrogens is 276 g/mol. The molecule has 0 aliphatic rings. The predicted molar refractivity (Wildman–Crippen MR) is 67.7 cm³/mol. The maximum atomic E-state index is 12.0. The van der Waals surface area contributed by atoms with E-state index in [9.17, 15) is 13.5 Å². The first kappa shape index (κ1) is 14.9. The molecule has 0 heterocycles. The third-order valence-corrected chi connectivity index (χ3v) is 4.03. The van der Waals surface area contributed by atoms with E-state index in [1.54, 1.807) is 13.0 Å². The summed E-state index contributed by atoms with van der Waals surface area (Å²) in [6, 6.07) is 5.78. The van der Waals surface area contributed by atoms with Crippen molar-refractivity contribution in [2.45, 2.75) is 24.3 Å². The number of halogens is 1. The van der Waals surface area contributed by atoms with Gasteiger partial charge >= 0.3 is 0 Å². The molecule has 0 saturated heterocycles. The lowest BCUT2D eigenvalue weighted by atomic mass is 10.2. The number of nitrogens with one attached hydrogen (secondary N) is 1. The second kappa shape index (κ2) is 6.16. The first-order valence-electron chi connectivity index (χ1n) is 5.28. The highest BCUT2D eigenvalue weighted by Gasteiger charge is 2.19. The van der Waals surface area contributed by atoms with Crippen molar-refractivity contribution >= 4 is 21.6 Å². The third-order valence-electron chi connectivity index (χ3n) is 2.33. The summed E-state index contributed by atoms with van der Waals surface area (Å²) in [5.41, 5.74) is 0.0119. The molecule has 0 spiro atoms. The van der Waals surface area contributed by atoms with E-state index in [4.69, 9.17) is 16.9 Å². The van der Waals surface area contributed by atoms with Gasteiger partial charge in [0.25, 0.3) is 0 Å². The molecule has 5 nitrogen and oxygen atoms in total. The number of nitriles is 1. The van der Waals surface area contributed by atoms with Crippen molar-refractivity contribution < 1.29 is 13.5 Å². The van der Waals surface area contributed by atoms with Gasteiger partial charge in [0.2, 0.25) is 10.0 Å². The first-order valence-corrected chi connectivity index (χ1v) is 7.14. The quantitative estimate of drug-likeness (QED) is 0.853. The van der Waals surface area contributed by atoms with Crippen molar-refractivity contribution in [1.82, 2.24) is 4.72 Å². The minimum atomic E-state index is -3.85. The second-order valence-electron chi connectivity index (χ2n) is 3.67. The lowest BCUT2D eigenvalue weighted by Gasteiger charge is -2.11. The number of hydrogen-bond donors (Lipinski definition) is 2. The number of benzene rings is 1. The summed E-state index contributed by atoms with van der Waals surface area (Å²) in [5, 5.41) is 18.4. The molecule has 7 heteroatoms. The van der Waals surface area contributed by atoms with E-state index < -0.39 is 16.1 Å². The molecular formula is C11H13ClN2O3S. The minimum Gasteiger partial charge on any atom is -0.392 e. The molecule has 0 bridgehead atoms. The summed E-state index contributed by atoms with van der Waals surface area (Å²) in [5.74, 6) is 0. The molecule has 18 heavy (non-hydrogen) atoms. The van der Waals surface area contributed by atoms with Gasteiger partial charge in [0.05, 0.1) is 11.7 Å². The van der Waals surface area contributed by atoms with Crippen LogP contribution in [0.1, 0.15) is 18.9 Å². The zero-order chi connectivity index (χ0) is 13.8. The van der Waals surface area contributed by atoms with E-state index in [1.165, 1.54) is 18.2 Å². The Bertz CT molecular complexity index is 566. The van der Waals surface area contributed by atoms with Gasteiger partial charge in [0, 0.05) is 11.6 Å². The zero-order valence-electron chi connectivity index (χ0n) is 9.72. The molecule has 0 aliphatic heterocycles. The fourth-order valence-electron chi connectivity index (χ4n) is 1.24. The van der Waals surface area contributed by atoms with Crippen LogP contribution in [0, 0.1) is 11.3 Å². The number of hydrogen-bond acceptors (Lipinski definition) is 4. The minimum absolute atomic E-state index is 0.0119. The van der Waals surface area contributed by atoms with Crippen molar-refractivity contribution in [1.29, 1.82) is 5.26 Å².